The Hall–Kier alpha value is -1.86. The van der Waals surface area contributed by atoms with Crippen molar-refractivity contribution in [1.82, 2.24) is 5.32 Å². The molecule has 1 aromatic carbocycles. The molecule has 0 heterocycles. The maximum Gasteiger partial charge on any atom is 0.334 e. The molecule has 1 aromatic rings. The predicted octanol–water partition coefficient (Wildman–Crippen LogP) is 1.70. The van der Waals surface area contributed by atoms with Gasteiger partial charge in [-0.3, -0.25) is 0 Å². The molecule has 0 saturated carbocycles. The molecule has 0 spiro atoms. The van der Waals surface area contributed by atoms with Gasteiger partial charge in [-0.15, -0.1) is 0 Å². The molecule has 0 aliphatic carbocycles. The topological polar surface area (TPSA) is 87.7 Å². The van der Waals surface area contributed by atoms with E-state index in [0.29, 0.717) is 0 Å². The molecule has 0 fully saturated rings. The fourth-order valence-electron chi connectivity index (χ4n) is 1.22. The van der Waals surface area contributed by atoms with Crippen LogP contribution in [0.3, 0.4) is 0 Å². The van der Waals surface area contributed by atoms with E-state index in [1.165, 1.54) is 19.2 Å². The monoisotopic (exact) mass is 290 g/mol. The van der Waals surface area contributed by atoms with E-state index in [4.69, 9.17) is 16.7 Å². The number of hydrogen-bond acceptors (Lipinski definition) is 3. The van der Waals surface area contributed by atoms with E-state index >= 15 is 0 Å². The smallest absolute Gasteiger partial charge is 0.334 e. The predicted molar refractivity (Wildman–Crippen MR) is 66.9 cm³/mol. The first-order valence-electron chi connectivity index (χ1n) is 5.19. The molecule has 1 unspecified atom stereocenters. The summed E-state index contributed by atoms with van der Waals surface area (Å²) in [6.07, 6.45) is -1.17. The van der Waals surface area contributed by atoms with Crippen LogP contribution in [0.4, 0.5) is 14.9 Å². The molecule has 0 aliphatic rings. The minimum atomic E-state index is -1.21. The third kappa shape index (κ3) is 4.72. The highest BCUT2D eigenvalue weighted by Crippen LogP contribution is 2.19. The van der Waals surface area contributed by atoms with Gasteiger partial charge < -0.3 is 20.5 Å². The summed E-state index contributed by atoms with van der Waals surface area (Å²) in [6.45, 7) is -0.250. The van der Waals surface area contributed by atoms with Gasteiger partial charge in [-0.25, -0.2) is 14.0 Å². The fraction of sp³-hybridized carbons (Fsp3) is 0.273. The van der Waals surface area contributed by atoms with Crippen molar-refractivity contribution in [3.63, 3.8) is 0 Å². The molecule has 8 heteroatoms. The highest BCUT2D eigenvalue weighted by atomic mass is 35.5. The Balaban J connectivity index is 2.56. The lowest BCUT2D eigenvalue weighted by Crippen LogP contribution is -2.39. The number of benzene rings is 1. The summed E-state index contributed by atoms with van der Waals surface area (Å²) in [4.78, 5) is 22.1. The first-order valence-corrected chi connectivity index (χ1v) is 5.57. The molecule has 2 amide bonds. The van der Waals surface area contributed by atoms with Crippen molar-refractivity contribution >= 4 is 29.3 Å². The number of carbonyl (C=O) groups is 2. The van der Waals surface area contributed by atoms with E-state index in [9.17, 15) is 14.0 Å². The lowest BCUT2D eigenvalue weighted by Gasteiger charge is -2.12. The molecule has 104 valence electrons. The molecule has 6 nitrogen and oxygen atoms in total. The van der Waals surface area contributed by atoms with E-state index in [0.717, 1.165) is 6.07 Å². The van der Waals surface area contributed by atoms with Gasteiger partial charge in [0, 0.05) is 12.1 Å². The van der Waals surface area contributed by atoms with Gasteiger partial charge in [0.2, 0.25) is 0 Å². The molecule has 19 heavy (non-hydrogen) atoms. The van der Waals surface area contributed by atoms with E-state index in [1.807, 2.05) is 0 Å². The van der Waals surface area contributed by atoms with Gasteiger partial charge in [0.25, 0.3) is 0 Å². The number of carbonyl (C=O) groups excluding carboxylic acids is 1. The van der Waals surface area contributed by atoms with Crippen molar-refractivity contribution in [3.8, 4) is 0 Å². The number of ether oxygens (including phenoxy) is 1. The van der Waals surface area contributed by atoms with Gasteiger partial charge in [0.1, 0.15) is 5.82 Å². The molecular weight excluding hydrogens is 279 g/mol. The number of aliphatic carboxylic acids is 1. The lowest BCUT2D eigenvalue weighted by molar-refractivity contribution is -0.147. The van der Waals surface area contributed by atoms with Crippen LogP contribution in [0.15, 0.2) is 18.2 Å². The van der Waals surface area contributed by atoms with Crippen LogP contribution in [0.2, 0.25) is 5.02 Å². The summed E-state index contributed by atoms with van der Waals surface area (Å²) in [5.41, 5.74) is -0.103. The second-order valence-corrected chi connectivity index (χ2v) is 3.96. The highest BCUT2D eigenvalue weighted by Gasteiger charge is 2.17. The Labute approximate surface area is 113 Å². The van der Waals surface area contributed by atoms with Crippen molar-refractivity contribution < 1.29 is 23.8 Å². The van der Waals surface area contributed by atoms with E-state index < -0.39 is 23.9 Å². The van der Waals surface area contributed by atoms with Crippen LogP contribution in [0, 0.1) is 5.82 Å². The molecule has 1 atom stereocenters. The Morgan fingerprint density at radius 2 is 2.21 bits per heavy atom. The quantitative estimate of drug-likeness (QED) is 0.770. The van der Waals surface area contributed by atoms with Crippen LogP contribution in [-0.4, -0.2) is 36.9 Å². The second kappa shape index (κ2) is 6.91. The van der Waals surface area contributed by atoms with Crippen LogP contribution < -0.4 is 10.6 Å². The number of halogens is 2. The lowest BCUT2D eigenvalue weighted by atomic mass is 10.3. The summed E-state index contributed by atoms with van der Waals surface area (Å²) < 4.78 is 17.9. The van der Waals surface area contributed by atoms with Gasteiger partial charge in [0.05, 0.1) is 12.2 Å². The molecule has 3 N–H and O–H groups in total. The van der Waals surface area contributed by atoms with Gasteiger partial charge >= 0.3 is 12.0 Å². The van der Waals surface area contributed by atoms with Crippen molar-refractivity contribution in [1.29, 1.82) is 0 Å². The molecule has 0 aromatic heterocycles. The fourth-order valence-corrected chi connectivity index (χ4v) is 1.39. The second-order valence-electron chi connectivity index (χ2n) is 3.52. The van der Waals surface area contributed by atoms with Crippen LogP contribution in [0.5, 0.6) is 0 Å². The van der Waals surface area contributed by atoms with Crippen molar-refractivity contribution in [2.45, 2.75) is 6.10 Å². The van der Waals surface area contributed by atoms with E-state index in [2.05, 4.69) is 15.4 Å². The zero-order valence-corrected chi connectivity index (χ0v) is 10.7. The summed E-state index contributed by atoms with van der Waals surface area (Å²) in [6, 6.07) is 2.92. The van der Waals surface area contributed by atoms with Crippen molar-refractivity contribution in [2.24, 2.45) is 0 Å². The number of amides is 2. The van der Waals surface area contributed by atoms with Crippen LogP contribution >= 0.6 is 11.6 Å². The Kier molecular flexibility index (Phi) is 5.53. The number of rotatable bonds is 5. The molecule has 1 rings (SSSR count). The normalized spacial score (nSPS) is 11.7. The zero-order valence-electron chi connectivity index (χ0n) is 9.94. The zero-order chi connectivity index (χ0) is 14.4. The number of carboxylic acid groups (broad SMARTS) is 1. The molecule has 0 saturated heterocycles. The average Bonchev–Trinajstić information content (AvgIpc) is 2.34. The first kappa shape index (κ1) is 15.2. The minimum absolute atomic E-state index is 0.103. The summed E-state index contributed by atoms with van der Waals surface area (Å²) in [7, 11) is 1.20. The van der Waals surface area contributed by atoms with Crippen molar-refractivity contribution in [3.05, 3.63) is 29.0 Å². The summed E-state index contributed by atoms with van der Waals surface area (Å²) >= 11 is 5.66. The third-order valence-corrected chi connectivity index (χ3v) is 2.42. The van der Waals surface area contributed by atoms with Gasteiger partial charge in [0.15, 0.2) is 6.10 Å². The Bertz CT molecular complexity index is 484. The number of nitrogens with one attached hydrogen (secondary N) is 2. The molecule has 0 radical (unpaired) electrons. The largest absolute Gasteiger partial charge is 0.479 e. The molecule has 0 bridgehead atoms. The van der Waals surface area contributed by atoms with E-state index in [1.54, 1.807) is 0 Å². The average molecular weight is 291 g/mol. The Morgan fingerprint density at radius 3 is 2.79 bits per heavy atom. The van der Waals surface area contributed by atoms with Crippen molar-refractivity contribution in [2.75, 3.05) is 19.0 Å². The summed E-state index contributed by atoms with van der Waals surface area (Å²) in [5.74, 6) is -1.86. The summed E-state index contributed by atoms with van der Waals surface area (Å²) in [5, 5.41) is 13.4. The maximum atomic E-state index is 13.3. The number of methoxy groups -OCH3 is 1. The standard InChI is InChI=1S/C11H12ClFN2O4/c1-19-9(10(16)17)5-14-11(18)15-8-4-6(12)2-3-7(8)13/h2-4,9H,5H2,1H3,(H,16,17)(H2,14,15,18). The Morgan fingerprint density at radius 1 is 1.53 bits per heavy atom. The third-order valence-electron chi connectivity index (χ3n) is 2.18. The number of anilines is 1. The molecular formula is C11H12ClFN2O4. The van der Waals surface area contributed by atoms with Crippen LogP contribution in [0.25, 0.3) is 0 Å². The number of hydrogen-bond donors (Lipinski definition) is 3. The maximum absolute atomic E-state index is 13.3. The number of urea groups is 1. The molecule has 0 aliphatic heterocycles. The van der Waals surface area contributed by atoms with Crippen LogP contribution in [-0.2, 0) is 9.53 Å². The SMILES string of the molecule is COC(CNC(=O)Nc1cc(Cl)ccc1F)C(=O)O. The van der Waals surface area contributed by atoms with Gasteiger partial charge in [-0.2, -0.15) is 0 Å². The van der Waals surface area contributed by atoms with Gasteiger partial charge in [-0.05, 0) is 18.2 Å². The highest BCUT2D eigenvalue weighted by molar-refractivity contribution is 6.30. The first-order chi connectivity index (χ1) is 8.93. The van der Waals surface area contributed by atoms with Crippen LogP contribution in [0.1, 0.15) is 0 Å². The minimum Gasteiger partial charge on any atom is -0.479 e. The number of carboxylic acids is 1. The van der Waals surface area contributed by atoms with Gasteiger partial charge in [-0.1, -0.05) is 11.6 Å². The van der Waals surface area contributed by atoms with E-state index in [-0.39, 0.29) is 17.3 Å².